The molecule has 0 spiro atoms. The Morgan fingerprint density at radius 3 is 2.54 bits per heavy atom. The Morgan fingerprint density at radius 2 is 1.82 bits per heavy atom. The van der Waals surface area contributed by atoms with Crippen LogP contribution in [0.2, 0.25) is 0 Å². The molecule has 0 aromatic carbocycles. The quantitative estimate of drug-likeness (QED) is 0.178. The number of ether oxygens (including phenoxy) is 1. The molecule has 1 saturated carbocycles. The number of hydrogen-bond acceptors (Lipinski definition) is 4. The van der Waals surface area contributed by atoms with Gasteiger partial charge in [-0.3, -0.25) is 0 Å². The Morgan fingerprint density at radius 1 is 1.04 bits per heavy atom. The van der Waals surface area contributed by atoms with E-state index in [-0.39, 0.29) is 24.0 Å². The Kier molecular flexibility index (Phi) is 14.4. The van der Waals surface area contributed by atoms with Gasteiger partial charge in [0.1, 0.15) is 0 Å². The van der Waals surface area contributed by atoms with E-state index in [4.69, 9.17) is 9.84 Å². The van der Waals surface area contributed by atoms with Crippen LogP contribution >= 0.6 is 0 Å². The van der Waals surface area contributed by atoms with Crippen LogP contribution in [0, 0.1) is 11.8 Å². The van der Waals surface area contributed by atoms with Crippen molar-refractivity contribution in [3.63, 3.8) is 0 Å². The summed E-state index contributed by atoms with van der Waals surface area (Å²) in [4.78, 5) is 0. The van der Waals surface area contributed by atoms with Crippen LogP contribution in [0.25, 0.3) is 0 Å². The Balaban J connectivity index is 2.60. The molecule has 1 aliphatic carbocycles. The predicted molar refractivity (Wildman–Crippen MR) is 116 cm³/mol. The average Bonchev–Trinajstić information content (AvgIpc) is 2.98. The molecule has 0 bridgehead atoms. The molecule has 28 heavy (non-hydrogen) atoms. The van der Waals surface area contributed by atoms with E-state index >= 15 is 0 Å². The largest absolute Gasteiger partial charge is 0.516 e. The SMILES string of the molecule is CCCCCC(O)/C=C/C1C(OCCCC)CC(O)C1CCCCCC=CO. The zero-order valence-corrected chi connectivity index (χ0v) is 18.1. The van der Waals surface area contributed by atoms with Crippen molar-refractivity contribution >= 4 is 0 Å². The lowest BCUT2D eigenvalue weighted by molar-refractivity contribution is 0.0294. The van der Waals surface area contributed by atoms with Crippen LogP contribution in [0.3, 0.4) is 0 Å². The molecule has 1 fully saturated rings. The van der Waals surface area contributed by atoms with Crippen molar-refractivity contribution in [1.29, 1.82) is 0 Å². The molecule has 0 heterocycles. The maximum absolute atomic E-state index is 10.6. The number of aliphatic hydroxyl groups excluding tert-OH is 3. The van der Waals surface area contributed by atoms with Crippen LogP contribution < -0.4 is 0 Å². The predicted octanol–water partition coefficient (Wildman–Crippen LogP) is 5.69. The van der Waals surface area contributed by atoms with E-state index in [0.29, 0.717) is 6.42 Å². The molecule has 0 amide bonds. The van der Waals surface area contributed by atoms with Crippen molar-refractivity contribution in [1.82, 2.24) is 0 Å². The molecule has 3 N–H and O–H groups in total. The van der Waals surface area contributed by atoms with E-state index in [9.17, 15) is 10.2 Å². The van der Waals surface area contributed by atoms with Crippen molar-refractivity contribution in [3.05, 3.63) is 24.5 Å². The molecule has 1 aliphatic rings. The Bertz CT molecular complexity index is 421. The molecule has 1 rings (SSSR count). The van der Waals surface area contributed by atoms with E-state index in [1.165, 1.54) is 0 Å². The minimum absolute atomic E-state index is 0.0583. The van der Waals surface area contributed by atoms with E-state index in [2.05, 4.69) is 19.9 Å². The monoisotopic (exact) mass is 396 g/mol. The van der Waals surface area contributed by atoms with Crippen LogP contribution in [-0.4, -0.2) is 40.2 Å². The molecule has 5 atom stereocenters. The van der Waals surface area contributed by atoms with Gasteiger partial charge < -0.3 is 20.1 Å². The summed E-state index contributed by atoms with van der Waals surface area (Å²) >= 11 is 0. The molecule has 164 valence electrons. The molecule has 4 nitrogen and oxygen atoms in total. The van der Waals surface area contributed by atoms with Crippen LogP contribution in [0.4, 0.5) is 0 Å². The summed E-state index contributed by atoms with van der Waals surface area (Å²) in [5, 5.41) is 29.6. The molecular formula is C24H44O4. The molecule has 4 heteroatoms. The van der Waals surface area contributed by atoms with Gasteiger partial charge in [0.2, 0.25) is 0 Å². The first-order chi connectivity index (χ1) is 13.6. The third-order valence-electron chi connectivity index (χ3n) is 5.89. The van der Waals surface area contributed by atoms with Gasteiger partial charge in [0.15, 0.2) is 0 Å². The fourth-order valence-corrected chi connectivity index (χ4v) is 4.16. The second-order valence-corrected chi connectivity index (χ2v) is 8.28. The number of unbranched alkanes of at least 4 members (excludes halogenated alkanes) is 6. The summed E-state index contributed by atoms with van der Waals surface area (Å²) in [6.07, 6.45) is 18.5. The van der Waals surface area contributed by atoms with Gasteiger partial charge in [-0.2, -0.15) is 0 Å². The van der Waals surface area contributed by atoms with Crippen molar-refractivity contribution in [2.45, 2.75) is 109 Å². The fourth-order valence-electron chi connectivity index (χ4n) is 4.16. The van der Waals surface area contributed by atoms with Crippen molar-refractivity contribution in [2.24, 2.45) is 11.8 Å². The Hall–Kier alpha value is -0.840. The number of rotatable bonds is 16. The van der Waals surface area contributed by atoms with Gasteiger partial charge in [0.05, 0.1) is 24.6 Å². The molecule has 0 saturated heterocycles. The summed E-state index contributed by atoms with van der Waals surface area (Å²) in [7, 11) is 0. The minimum Gasteiger partial charge on any atom is -0.516 e. The summed E-state index contributed by atoms with van der Waals surface area (Å²) < 4.78 is 6.12. The summed E-state index contributed by atoms with van der Waals surface area (Å²) in [6, 6.07) is 0. The summed E-state index contributed by atoms with van der Waals surface area (Å²) in [5.41, 5.74) is 0. The topological polar surface area (TPSA) is 69.9 Å². The van der Waals surface area contributed by atoms with Crippen molar-refractivity contribution < 1.29 is 20.1 Å². The van der Waals surface area contributed by atoms with E-state index in [1.54, 1.807) is 6.08 Å². The average molecular weight is 397 g/mol. The molecule has 0 radical (unpaired) electrons. The van der Waals surface area contributed by atoms with Crippen LogP contribution in [0.5, 0.6) is 0 Å². The van der Waals surface area contributed by atoms with Gasteiger partial charge in [-0.25, -0.2) is 0 Å². The maximum Gasteiger partial charge on any atom is 0.0751 e. The van der Waals surface area contributed by atoms with E-state index < -0.39 is 6.10 Å². The highest BCUT2D eigenvalue weighted by atomic mass is 16.5. The van der Waals surface area contributed by atoms with Crippen molar-refractivity contribution in [2.75, 3.05) is 6.61 Å². The first kappa shape index (κ1) is 25.2. The van der Waals surface area contributed by atoms with Gasteiger partial charge in [-0.15, -0.1) is 0 Å². The maximum atomic E-state index is 10.6. The number of allylic oxidation sites excluding steroid dienone is 1. The first-order valence-electron chi connectivity index (χ1n) is 11.6. The highest BCUT2D eigenvalue weighted by Gasteiger charge is 2.41. The van der Waals surface area contributed by atoms with Gasteiger partial charge in [-0.05, 0) is 38.0 Å². The first-order valence-corrected chi connectivity index (χ1v) is 11.6. The smallest absolute Gasteiger partial charge is 0.0751 e. The molecule has 0 aromatic rings. The zero-order chi connectivity index (χ0) is 20.6. The summed E-state index contributed by atoms with van der Waals surface area (Å²) in [5.74, 6) is 0.393. The highest BCUT2D eigenvalue weighted by molar-refractivity contribution is 5.04. The van der Waals surface area contributed by atoms with Crippen LogP contribution in [-0.2, 0) is 4.74 Å². The van der Waals surface area contributed by atoms with Gasteiger partial charge in [-0.1, -0.05) is 70.6 Å². The Labute approximate surface area is 172 Å². The van der Waals surface area contributed by atoms with Crippen molar-refractivity contribution in [3.8, 4) is 0 Å². The molecular weight excluding hydrogens is 352 g/mol. The third-order valence-corrected chi connectivity index (χ3v) is 5.89. The zero-order valence-electron chi connectivity index (χ0n) is 18.1. The van der Waals surface area contributed by atoms with E-state index in [1.807, 2.05) is 6.08 Å². The molecule has 0 aromatic heterocycles. The van der Waals surface area contributed by atoms with E-state index in [0.717, 1.165) is 83.5 Å². The highest BCUT2D eigenvalue weighted by Crippen LogP contribution is 2.39. The summed E-state index contributed by atoms with van der Waals surface area (Å²) in [6.45, 7) is 5.08. The lowest BCUT2D eigenvalue weighted by atomic mass is 9.87. The van der Waals surface area contributed by atoms with Crippen LogP contribution in [0.15, 0.2) is 24.5 Å². The third kappa shape index (κ3) is 10.1. The number of aliphatic hydroxyl groups is 3. The molecule has 0 aliphatic heterocycles. The van der Waals surface area contributed by atoms with Gasteiger partial charge >= 0.3 is 0 Å². The minimum atomic E-state index is -0.397. The fraction of sp³-hybridized carbons (Fsp3) is 0.833. The lowest BCUT2D eigenvalue weighted by Crippen LogP contribution is -2.23. The molecule has 5 unspecified atom stereocenters. The van der Waals surface area contributed by atoms with Gasteiger partial charge in [0, 0.05) is 18.9 Å². The lowest BCUT2D eigenvalue weighted by Gasteiger charge is -2.23. The number of hydrogen-bond donors (Lipinski definition) is 3. The van der Waals surface area contributed by atoms with Crippen LogP contribution in [0.1, 0.15) is 90.9 Å². The second kappa shape index (κ2) is 16.0. The normalized spacial score (nSPS) is 26.6. The van der Waals surface area contributed by atoms with Gasteiger partial charge in [0.25, 0.3) is 0 Å². The second-order valence-electron chi connectivity index (χ2n) is 8.28. The standard InChI is InChI=1S/C24H44O4/c1-3-5-10-13-20(26)15-16-22-21(14-11-8-7-9-12-17-25)23(27)19-24(22)28-18-6-4-2/h12,15-17,20-27H,3-11,13-14,18-19H2,1-2H3/b16-15+,17-12?.